The zero-order chi connectivity index (χ0) is 28.9. The molecule has 1 aliphatic rings. The molecule has 3 aromatic heterocycles. The highest BCUT2D eigenvalue weighted by atomic mass is 32.1. The second-order valence-corrected chi connectivity index (χ2v) is 10.7. The minimum Gasteiger partial charge on any atom is -0.497 e. The lowest BCUT2D eigenvalue weighted by molar-refractivity contribution is 0.102. The molecule has 4 heterocycles. The van der Waals surface area contributed by atoms with Gasteiger partial charge in [0.25, 0.3) is 5.88 Å². The number of aromatic nitrogens is 4. The van der Waals surface area contributed by atoms with Crippen molar-refractivity contribution in [2.45, 2.75) is 25.7 Å². The fourth-order valence-corrected chi connectivity index (χ4v) is 5.53. The van der Waals surface area contributed by atoms with Crippen LogP contribution in [0.2, 0.25) is 0 Å². The van der Waals surface area contributed by atoms with Crippen LogP contribution in [0, 0.1) is 5.82 Å². The number of halogens is 1. The highest BCUT2D eigenvalue weighted by molar-refractivity contribution is 7.15. The number of nitrogens with zero attached hydrogens (tertiary/aromatic N) is 5. The van der Waals surface area contributed by atoms with E-state index in [-0.39, 0.29) is 13.2 Å². The first-order valence-electron chi connectivity index (χ1n) is 13.2. The van der Waals surface area contributed by atoms with E-state index in [4.69, 9.17) is 18.7 Å². The van der Waals surface area contributed by atoms with Gasteiger partial charge in [-0.2, -0.15) is 0 Å². The van der Waals surface area contributed by atoms with Gasteiger partial charge in [0.15, 0.2) is 6.10 Å². The Balaban J connectivity index is 1.03. The van der Waals surface area contributed by atoms with E-state index in [2.05, 4.69) is 20.8 Å². The molecular formula is C29H27FN6O5S. The second kappa shape index (κ2) is 12.4. The van der Waals surface area contributed by atoms with Crippen LogP contribution < -0.4 is 19.7 Å². The lowest BCUT2D eigenvalue weighted by Crippen LogP contribution is -2.26. The minimum atomic E-state index is -0.555. The number of carbonyl (C=O) groups is 1. The average Bonchev–Trinajstić information content (AvgIpc) is 3.82. The van der Waals surface area contributed by atoms with Crippen LogP contribution in [0.3, 0.4) is 0 Å². The molecule has 216 valence electrons. The number of hydrogen-bond donors (Lipinski definition) is 1. The van der Waals surface area contributed by atoms with Crippen LogP contribution in [0.15, 0.2) is 77.6 Å². The van der Waals surface area contributed by atoms with Crippen LogP contribution >= 0.6 is 11.3 Å². The Labute approximate surface area is 244 Å². The Kier molecular flexibility index (Phi) is 8.10. The Morgan fingerprint density at radius 1 is 1.12 bits per heavy atom. The van der Waals surface area contributed by atoms with E-state index in [1.807, 2.05) is 41.1 Å². The first-order chi connectivity index (χ1) is 20.6. The number of methoxy groups -OCH3 is 1. The molecule has 1 N–H and O–H groups in total. The number of ether oxygens (including phenoxy) is 3. The van der Waals surface area contributed by atoms with Gasteiger partial charge in [0, 0.05) is 34.5 Å². The molecule has 1 atom stereocenters. The predicted molar refractivity (Wildman–Crippen MR) is 152 cm³/mol. The molecule has 0 aliphatic carbocycles. The van der Waals surface area contributed by atoms with Gasteiger partial charge in [-0.05, 0) is 53.2 Å². The molecule has 6 rings (SSSR count). The van der Waals surface area contributed by atoms with E-state index < -0.39 is 18.0 Å². The molecule has 11 nitrogen and oxygen atoms in total. The molecule has 1 amide bonds. The van der Waals surface area contributed by atoms with Crippen molar-refractivity contribution in [2.24, 2.45) is 0 Å². The van der Waals surface area contributed by atoms with E-state index in [1.54, 1.807) is 31.5 Å². The number of thiophene rings is 1. The summed E-state index contributed by atoms with van der Waals surface area (Å²) in [5.74, 6) is 0.692. The van der Waals surface area contributed by atoms with Crippen molar-refractivity contribution in [1.29, 1.82) is 0 Å². The quantitative estimate of drug-likeness (QED) is 0.217. The zero-order valence-electron chi connectivity index (χ0n) is 22.6. The predicted octanol–water partition coefficient (Wildman–Crippen LogP) is 4.88. The SMILES string of the molecule is COc1ccc(Cn2nncc2CNCc2ccc(-c3ccc(N4C[C@H](COc5ccon5)OC4=O)cc3F)s2)cc1. The van der Waals surface area contributed by atoms with Gasteiger partial charge in [0.2, 0.25) is 0 Å². The van der Waals surface area contributed by atoms with Gasteiger partial charge in [-0.1, -0.05) is 17.3 Å². The van der Waals surface area contributed by atoms with E-state index in [0.717, 1.165) is 26.8 Å². The molecule has 0 unspecified atom stereocenters. The summed E-state index contributed by atoms with van der Waals surface area (Å²) in [6.07, 6.45) is 2.07. The third kappa shape index (κ3) is 6.26. The maximum atomic E-state index is 15.2. The molecule has 13 heteroatoms. The summed E-state index contributed by atoms with van der Waals surface area (Å²) in [4.78, 5) is 15.7. The third-order valence-electron chi connectivity index (χ3n) is 6.69. The van der Waals surface area contributed by atoms with E-state index in [1.165, 1.54) is 28.6 Å². The highest BCUT2D eigenvalue weighted by Crippen LogP contribution is 2.33. The van der Waals surface area contributed by atoms with Crippen LogP contribution in [0.4, 0.5) is 14.9 Å². The van der Waals surface area contributed by atoms with E-state index in [0.29, 0.717) is 36.8 Å². The van der Waals surface area contributed by atoms with Crippen LogP contribution in [-0.4, -0.2) is 52.6 Å². The first-order valence-corrected chi connectivity index (χ1v) is 14.0. The maximum Gasteiger partial charge on any atom is 0.414 e. The fraction of sp³-hybridized carbons (Fsp3) is 0.241. The summed E-state index contributed by atoms with van der Waals surface area (Å²) in [6.45, 7) is 2.14. The van der Waals surface area contributed by atoms with Gasteiger partial charge in [-0.25, -0.2) is 13.9 Å². The minimum absolute atomic E-state index is 0.114. The number of carbonyl (C=O) groups excluding carboxylic acids is 1. The topological polar surface area (TPSA) is 117 Å². The van der Waals surface area contributed by atoms with Crippen molar-refractivity contribution in [3.8, 4) is 22.1 Å². The number of hydrogen-bond acceptors (Lipinski definition) is 10. The van der Waals surface area contributed by atoms with Crippen LogP contribution in [-0.2, 0) is 24.4 Å². The van der Waals surface area contributed by atoms with Crippen molar-refractivity contribution in [1.82, 2.24) is 25.5 Å². The summed E-state index contributed by atoms with van der Waals surface area (Å²) in [6, 6.07) is 18.0. The molecule has 0 radical (unpaired) electrons. The summed E-state index contributed by atoms with van der Waals surface area (Å²) in [7, 11) is 1.64. The number of nitrogens with one attached hydrogen (secondary N) is 1. The standard InChI is InChI=1S/C29H27FN6O5S/c1-38-22-5-2-19(3-6-22)16-36-21(14-32-34-36)13-31-15-24-7-9-27(42-24)25-8-4-20(12-26(25)30)35-17-23(41-29(35)37)18-39-28-10-11-40-33-28/h2-12,14,23,31H,13,15-18H2,1H3/t23-/m1/s1. The second-order valence-electron chi connectivity index (χ2n) is 9.53. The number of rotatable bonds is 12. The largest absolute Gasteiger partial charge is 0.497 e. The van der Waals surface area contributed by atoms with Gasteiger partial charge in [-0.15, -0.1) is 16.4 Å². The molecule has 1 fully saturated rings. The van der Waals surface area contributed by atoms with Crippen molar-refractivity contribution in [2.75, 3.05) is 25.2 Å². The molecule has 1 aliphatic heterocycles. The lowest BCUT2D eigenvalue weighted by atomic mass is 10.1. The molecule has 0 saturated carbocycles. The van der Waals surface area contributed by atoms with Gasteiger partial charge in [0.1, 0.15) is 24.4 Å². The van der Waals surface area contributed by atoms with Crippen molar-refractivity contribution < 1.29 is 27.9 Å². The van der Waals surface area contributed by atoms with Crippen molar-refractivity contribution in [3.05, 3.63) is 95.1 Å². The van der Waals surface area contributed by atoms with Gasteiger partial charge in [-0.3, -0.25) is 4.90 Å². The number of cyclic esters (lactones) is 1. The fourth-order valence-electron chi connectivity index (χ4n) is 4.53. The van der Waals surface area contributed by atoms with Crippen molar-refractivity contribution >= 4 is 23.1 Å². The summed E-state index contributed by atoms with van der Waals surface area (Å²) in [5, 5.41) is 15.4. The van der Waals surface area contributed by atoms with E-state index >= 15 is 4.39 Å². The van der Waals surface area contributed by atoms with Crippen LogP contribution in [0.25, 0.3) is 10.4 Å². The molecule has 42 heavy (non-hydrogen) atoms. The molecule has 0 bridgehead atoms. The van der Waals surface area contributed by atoms with E-state index in [9.17, 15) is 4.79 Å². The van der Waals surface area contributed by atoms with Crippen LogP contribution in [0.1, 0.15) is 16.1 Å². The molecular weight excluding hydrogens is 563 g/mol. The normalized spacial score (nSPS) is 14.8. The molecule has 0 spiro atoms. The maximum absolute atomic E-state index is 15.2. The molecule has 1 saturated heterocycles. The molecule has 2 aromatic carbocycles. The number of amides is 1. The zero-order valence-corrected chi connectivity index (χ0v) is 23.4. The third-order valence-corrected chi connectivity index (χ3v) is 7.81. The van der Waals surface area contributed by atoms with Gasteiger partial charge in [0.05, 0.1) is 37.8 Å². The summed E-state index contributed by atoms with van der Waals surface area (Å²) in [5.41, 5.74) is 2.94. The van der Waals surface area contributed by atoms with Crippen LogP contribution in [0.5, 0.6) is 11.6 Å². The smallest absolute Gasteiger partial charge is 0.414 e. The first kappa shape index (κ1) is 27.4. The average molecular weight is 591 g/mol. The molecule has 5 aromatic rings. The Hall–Kier alpha value is -4.75. The summed E-state index contributed by atoms with van der Waals surface area (Å²) < 4.78 is 37.8. The lowest BCUT2D eigenvalue weighted by Gasteiger charge is -2.14. The summed E-state index contributed by atoms with van der Waals surface area (Å²) >= 11 is 1.50. The number of anilines is 1. The number of benzene rings is 2. The monoisotopic (exact) mass is 590 g/mol. The Morgan fingerprint density at radius 3 is 2.79 bits per heavy atom. The highest BCUT2D eigenvalue weighted by Gasteiger charge is 2.33. The Bertz CT molecular complexity index is 1640. The van der Waals surface area contributed by atoms with Gasteiger partial charge < -0.3 is 24.1 Å². The van der Waals surface area contributed by atoms with Gasteiger partial charge >= 0.3 is 6.09 Å². The Morgan fingerprint density at radius 2 is 2.00 bits per heavy atom. The van der Waals surface area contributed by atoms with Crippen molar-refractivity contribution in [3.63, 3.8) is 0 Å².